The van der Waals surface area contributed by atoms with Crippen LogP contribution in [-0.4, -0.2) is 51.9 Å². The van der Waals surface area contributed by atoms with Gasteiger partial charge in [0.1, 0.15) is 6.04 Å². The first kappa shape index (κ1) is 24.9. The molecule has 1 fully saturated rings. The number of sulfonamides is 1. The number of likely N-dealkylation sites (tertiary alicyclic amines) is 1. The van der Waals surface area contributed by atoms with Crippen molar-refractivity contribution in [2.24, 2.45) is 11.8 Å². The van der Waals surface area contributed by atoms with E-state index in [-0.39, 0.29) is 29.1 Å². The highest BCUT2D eigenvalue weighted by atomic mass is 35.5. The number of piperidine rings is 1. The van der Waals surface area contributed by atoms with E-state index in [4.69, 9.17) is 0 Å². The van der Waals surface area contributed by atoms with Crippen molar-refractivity contribution >= 4 is 28.3 Å². The number of halogens is 1. The fraction of sp³-hybridized carbons (Fsp3) is 0.650. The second-order valence-corrected chi connectivity index (χ2v) is 9.53. The van der Waals surface area contributed by atoms with Gasteiger partial charge in [-0.1, -0.05) is 31.5 Å². The minimum atomic E-state index is -3.73. The molecule has 160 valence electrons. The maximum Gasteiger partial charge on any atom is 0.241 e. The molecule has 0 spiro atoms. The number of rotatable bonds is 8. The summed E-state index contributed by atoms with van der Waals surface area (Å²) in [7, 11) is -1.78. The summed E-state index contributed by atoms with van der Waals surface area (Å²) >= 11 is 0. The molecule has 0 aliphatic carbocycles. The molecule has 1 amide bonds. The van der Waals surface area contributed by atoms with Crippen LogP contribution in [0, 0.1) is 18.8 Å². The minimum absolute atomic E-state index is 0. The number of nitrogens with one attached hydrogen (secondary N) is 2. The van der Waals surface area contributed by atoms with E-state index in [0.29, 0.717) is 19.0 Å². The van der Waals surface area contributed by atoms with Gasteiger partial charge in [0.2, 0.25) is 15.9 Å². The van der Waals surface area contributed by atoms with Crippen LogP contribution >= 0.6 is 12.4 Å². The Morgan fingerprint density at radius 3 is 2.25 bits per heavy atom. The molecule has 28 heavy (non-hydrogen) atoms. The van der Waals surface area contributed by atoms with Crippen LogP contribution in [0.1, 0.15) is 38.7 Å². The largest absolute Gasteiger partial charge is 0.341 e. The molecule has 2 rings (SSSR count). The quantitative estimate of drug-likeness (QED) is 0.663. The van der Waals surface area contributed by atoms with Gasteiger partial charge in [0, 0.05) is 13.1 Å². The van der Waals surface area contributed by atoms with E-state index < -0.39 is 16.1 Å². The van der Waals surface area contributed by atoms with Crippen LogP contribution in [-0.2, 0) is 14.8 Å². The highest BCUT2D eigenvalue weighted by Crippen LogP contribution is 2.22. The van der Waals surface area contributed by atoms with Crippen molar-refractivity contribution in [3.8, 4) is 0 Å². The summed E-state index contributed by atoms with van der Waals surface area (Å²) in [5, 5.41) is 3.17. The monoisotopic (exact) mass is 431 g/mol. The maximum absolute atomic E-state index is 13.0. The molecule has 0 bridgehead atoms. The lowest BCUT2D eigenvalue weighted by Crippen LogP contribution is -2.52. The van der Waals surface area contributed by atoms with Crippen molar-refractivity contribution in [3.63, 3.8) is 0 Å². The summed E-state index contributed by atoms with van der Waals surface area (Å²) in [4.78, 5) is 15.0. The van der Waals surface area contributed by atoms with Gasteiger partial charge in [-0.25, -0.2) is 8.42 Å². The minimum Gasteiger partial charge on any atom is -0.341 e. The van der Waals surface area contributed by atoms with Gasteiger partial charge < -0.3 is 10.2 Å². The van der Waals surface area contributed by atoms with Crippen LogP contribution in [0.15, 0.2) is 29.2 Å². The van der Waals surface area contributed by atoms with E-state index in [1.807, 2.05) is 32.7 Å². The topological polar surface area (TPSA) is 78.5 Å². The molecule has 8 heteroatoms. The van der Waals surface area contributed by atoms with E-state index in [1.54, 1.807) is 24.3 Å². The van der Waals surface area contributed by atoms with E-state index in [2.05, 4.69) is 10.0 Å². The van der Waals surface area contributed by atoms with E-state index >= 15 is 0 Å². The molecule has 1 aromatic rings. The Hall–Kier alpha value is -1.15. The zero-order valence-corrected chi connectivity index (χ0v) is 18.9. The van der Waals surface area contributed by atoms with Gasteiger partial charge in [0.15, 0.2) is 0 Å². The van der Waals surface area contributed by atoms with Crippen LogP contribution in [0.25, 0.3) is 0 Å². The van der Waals surface area contributed by atoms with Crippen molar-refractivity contribution in [3.05, 3.63) is 29.8 Å². The number of carbonyl (C=O) groups excluding carboxylic acids is 1. The summed E-state index contributed by atoms with van der Waals surface area (Å²) in [6.45, 7) is 8.04. The summed E-state index contributed by atoms with van der Waals surface area (Å²) in [5.74, 6) is 0.385. The molecule has 6 nitrogen and oxygen atoms in total. The molecular formula is C20H34ClN3O3S. The average molecular weight is 432 g/mol. The molecule has 1 unspecified atom stereocenters. The van der Waals surface area contributed by atoms with Crippen LogP contribution in [0.4, 0.5) is 0 Å². The van der Waals surface area contributed by atoms with Gasteiger partial charge in [-0.2, -0.15) is 4.72 Å². The lowest BCUT2D eigenvalue weighted by Gasteiger charge is -2.35. The Morgan fingerprint density at radius 2 is 1.75 bits per heavy atom. The SMILES string of the molecule is CNCCC1CCN(C(=O)C(NS(=O)(=O)c2ccc(C)cc2)C(C)C)CC1.Cl. The molecule has 1 heterocycles. The van der Waals surface area contributed by atoms with Crippen molar-refractivity contribution in [2.45, 2.75) is 51.0 Å². The van der Waals surface area contributed by atoms with Crippen molar-refractivity contribution in [2.75, 3.05) is 26.7 Å². The third kappa shape index (κ3) is 6.72. The first-order valence-electron chi connectivity index (χ1n) is 9.77. The lowest BCUT2D eigenvalue weighted by atomic mass is 9.92. The Bertz CT molecular complexity index is 715. The highest BCUT2D eigenvalue weighted by molar-refractivity contribution is 7.89. The van der Waals surface area contributed by atoms with Crippen LogP contribution < -0.4 is 10.0 Å². The van der Waals surface area contributed by atoms with Gasteiger partial charge in [0.25, 0.3) is 0 Å². The summed E-state index contributed by atoms with van der Waals surface area (Å²) < 4.78 is 28.1. The number of aryl methyl sites for hydroxylation is 1. The molecule has 1 aromatic carbocycles. The Kier molecular flexibility index (Phi) is 9.90. The normalized spacial score (nSPS) is 16.7. The van der Waals surface area contributed by atoms with Gasteiger partial charge in [-0.05, 0) is 63.7 Å². The van der Waals surface area contributed by atoms with Gasteiger partial charge in [-0.3, -0.25) is 4.79 Å². The molecular weight excluding hydrogens is 398 g/mol. The molecule has 0 aromatic heterocycles. The smallest absolute Gasteiger partial charge is 0.241 e. The zero-order valence-electron chi connectivity index (χ0n) is 17.3. The Morgan fingerprint density at radius 1 is 1.18 bits per heavy atom. The van der Waals surface area contributed by atoms with Gasteiger partial charge in [-0.15, -0.1) is 12.4 Å². The van der Waals surface area contributed by atoms with Gasteiger partial charge in [0.05, 0.1) is 4.90 Å². The first-order chi connectivity index (χ1) is 12.7. The second kappa shape index (κ2) is 11.1. The molecule has 2 N–H and O–H groups in total. The van der Waals surface area contributed by atoms with E-state index in [1.165, 1.54) is 0 Å². The number of benzene rings is 1. The van der Waals surface area contributed by atoms with Crippen LogP contribution in [0.2, 0.25) is 0 Å². The van der Waals surface area contributed by atoms with Crippen LogP contribution in [0.3, 0.4) is 0 Å². The molecule has 0 radical (unpaired) electrons. The number of carbonyl (C=O) groups is 1. The highest BCUT2D eigenvalue weighted by Gasteiger charge is 2.33. The predicted molar refractivity (Wildman–Crippen MR) is 115 cm³/mol. The molecule has 0 saturated carbocycles. The second-order valence-electron chi connectivity index (χ2n) is 7.82. The number of amides is 1. The van der Waals surface area contributed by atoms with Crippen molar-refractivity contribution in [1.29, 1.82) is 0 Å². The van der Waals surface area contributed by atoms with E-state index in [9.17, 15) is 13.2 Å². The summed E-state index contributed by atoms with van der Waals surface area (Å²) in [6.07, 6.45) is 3.07. The molecule has 1 atom stereocenters. The number of hydrogen-bond donors (Lipinski definition) is 2. The first-order valence-corrected chi connectivity index (χ1v) is 11.2. The third-order valence-corrected chi connectivity index (χ3v) is 6.73. The Labute approximate surface area is 175 Å². The average Bonchev–Trinajstić information content (AvgIpc) is 2.64. The maximum atomic E-state index is 13.0. The zero-order chi connectivity index (χ0) is 20.0. The van der Waals surface area contributed by atoms with Crippen molar-refractivity contribution in [1.82, 2.24) is 14.9 Å². The fourth-order valence-electron chi connectivity index (χ4n) is 3.41. The van der Waals surface area contributed by atoms with Crippen molar-refractivity contribution < 1.29 is 13.2 Å². The van der Waals surface area contributed by atoms with Gasteiger partial charge >= 0.3 is 0 Å². The Balaban J connectivity index is 0.00000392. The fourth-order valence-corrected chi connectivity index (χ4v) is 4.75. The summed E-state index contributed by atoms with van der Waals surface area (Å²) in [6, 6.07) is 5.93. The standard InChI is InChI=1S/C20H33N3O3S.ClH/c1-15(2)19(22-27(25,26)18-7-5-16(3)6-8-18)20(24)23-13-10-17(11-14-23)9-12-21-4;/h5-8,15,17,19,21-22H,9-14H2,1-4H3;1H. The molecule has 1 aliphatic heterocycles. The third-order valence-electron chi connectivity index (χ3n) is 5.27. The molecule has 1 saturated heterocycles. The van der Waals surface area contributed by atoms with E-state index in [0.717, 1.165) is 31.4 Å². The van der Waals surface area contributed by atoms with Crippen LogP contribution in [0.5, 0.6) is 0 Å². The molecule has 1 aliphatic rings. The lowest BCUT2D eigenvalue weighted by molar-refractivity contribution is -0.135. The number of nitrogens with zero attached hydrogens (tertiary/aromatic N) is 1. The number of hydrogen-bond acceptors (Lipinski definition) is 4. The summed E-state index contributed by atoms with van der Waals surface area (Å²) in [5.41, 5.74) is 0.992. The predicted octanol–water partition coefficient (Wildman–Crippen LogP) is 2.57.